The SMILES string of the molecule is O=C(C1=C(O)C(=O)N(c2nncs2)C1c1cccc2ccccc12)c1cccs1. The first-order valence-electron chi connectivity index (χ1n) is 8.75. The van der Waals surface area contributed by atoms with Gasteiger partial charge in [-0.25, -0.2) is 0 Å². The minimum atomic E-state index is -0.795. The van der Waals surface area contributed by atoms with Crippen LogP contribution >= 0.6 is 22.7 Å². The molecule has 0 fully saturated rings. The second-order valence-electron chi connectivity index (χ2n) is 6.44. The molecule has 8 heteroatoms. The molecule has 0 saturated heterocycles. The molecule has 0 aliphatic carbocycles. The topological polar surface area (TPSA) is 83.4 Å². The summed E-state index contributed by atoms with van der Waals surface area (Å²) >= 11 is 2.45. The summed E-state index contributed by atoms with van der Waals surface area (Å²) in [6.45, 7) is 0. The average molecular weight is 419 g/mol. The fraction of sp³-hybridized carbons (Fsp3) is 0.0476. The highest BCUT2D eigenvalue weighted by atomic mass is 32.1. The molecule has 1 aliphatic rings. The molecule has 6 nitrogen and oxygen atoms in total. The molecule has 4 aromatic rings. The highest BCUT2D eigenvalue weighted by molar-refractivity contribution is 7.13. The normalized spacial score (nSPS) is 16.8. The number of aromatic nitrogens is 2. The number of ketones is 1. The van der Waals surface area contributed by atoms with Crippen LogP contribution in [-0.4, -0.2) is 27.0 Å². The Morgan fingerprint density at radius 1 is 1.03 bits per heavy atom. The van der Waals surface area contributed by atoms with Gasteiger partial charge >= 0.3 is 0 Å². The molecule has 1 unspecified atom stereocenters. The van der Waals surface area contributed by atoms with Crippen molar-refractivity contribution < 1.29 is 14.7 Å². The Balaban J connectivity index is 1.76. The molecule has 0 saturated carbocycles. The van der Waals surface area contributed by atoms with Crippen molar-refractivity contribution in [3.8, 4) is 0 Å². The number of fused-ring (bicyclic) bond motifs is 1. The largest absolute Gasteiger partial charge is 0.503 e. The van der Waals surface area contributed by atoms with Gasteiger partial charge in [-0.05, 0) is 27.8 Å². The maximum atomic E-state index is 13.3. The van der Waals surface area contributed by atoms with E-state index in [0.717, 1.165) is 16.3 Å². The molecule has 1 amide bonds. The van der Waals surface area contributed by atoms with Crippen molar-refractivity contribution in [1.29, 1.82) is 0 Å². The molecule has 3 heterocycles. The van der Waals surface area contributed by atoms with Crippen molar-refractivity contribution in [2.45, 2.75) is 6.04 Å². The van der Waals surface area contributed by atoms with Crippen molar-refractivity contribution in [3.05, 3.63) is 87.3 Å². The van der Waals surface area contributed by atoms with Gasteiger partial charge in [-0.1, -0.05) is 59.9 Å². The monoisotopic (exact) mass is 419 g/mol. The van der Waals surface area contributed by atoms with E-state index < -0.39 is 17.7 Å². The van der Waals surface area contributed by atoms with Crippen LogP contribution in [0.4, 0.5) is 5.13 Å². The zero-order chi connectivity index (χ0) is 20.0. The first-order chi connectivity index (χ1) is 14.2. The molecule has 0 spiro atoms. The number of amides is 1. The fourth-order valence-electron chi connectivity index (χ4n) is 3.63. The number of carbonyl (C=O) groups excluding carboxylic acids is 2. The third kappa shape index (κ3) is 2.76. The lowest BCUT2D eigenvalue weighted by atomic mass is 9.91. The summed E-state index contributed by atoms with van der Waals surface area (Å²) in [5.74, 6) is -1.56. The Bertz CT molecular complexity index is 1260. The zero-order valence-electron chi connectivity index (χ0n) is 14.9. The van der Waals surface area contributed by atoms with Gasteiger partial charge in [0.15, 0.2) is 5.76 Å². The van der Waals surface area contributed by atoms with Crippen molar-refractivity contribution in [2.75, 3.05) is 4.90 Å². The van der Waals surface area contributed by atoms with Crippen LogP contribution in [0.2, 0.25) is 0 Å². The van der Waals surface area contributed by atoms with Gasteiger partial charge in [0.25, 0.3) is 5.91 Å². The van der Waals surface area contributed by atoms with Crippen molar-refractivity contribution in [3.63, 3.8) is 0 Å². The molecule has 0 bridgehead atoms. The summed E-state index contributed by atoms with van der Waals surface area (Å²) < 4.78 is 0. The summed E-state index contributed by atoms with van der Waals surface area (Å²) in [6.07, 6.45) is 0. The number of anilines is 1. The van der Waals surface area contributed by atoms with Gasteiger partial charge in [-0.3, -0.25) is 14.5 Å². The lowest BCUT2D eigenvalue weighted by Gasteiger charge is -2.25. The number of aliphatic hydroxyl groups is 1. The van der Waals surface area contributed by atoms with Gasteiger partial charge in [-0.2, -0.15) is 0 Å². The Hall–Kier alpha value is -3.36. The van der Waals surface area contributed by atoms with Gasteiger partial charge in [0.1, 0.15) is 5.51 Å². The zero-order valence-corrected chi connectivity index (χ0v) is 16.5. The van der Waals surface area contributed by atoms with Crippen LogP contribution in [0.25, 0.3) is 10.8 Å². The van der Waals surface area contributed by atoms with Crippen molar-refractivity contribution in [1.82, 2.24) is 10.2 Å². The smallest absolute Gasteiger partial charge is 0.296 e. The van der Waals surface area contributed by atoms with E-state index in [-0.39, 0.29) is 11.4 Å². The van der Waals surface area contributed by atoms with Crippen LogP contribution in [0.15, 0.2) is 76.8 Å². The summed E-state index contributed by atoms with van der Waals surface area (Å²) in [5, 5.41) is 22.6. The van der Waals surface area contributed by atoms with Crippen molar-refractivity contribution >= 4 is 50.3 Å². The van der Waals surface area contributed by atoms with E-state index in [4.69, 9.17) is 0 Å². The second-order valence-corrected chi connectivity index (χ2v) is 8.20. The van der Waals surface area contributed by atoms with Gasteiger partial charge in [0, 0.05) is 0 Å². The number of aliphatic hydroxyl groups excluding tert-OH is 1. The number of hydrogen-bond donors (Lipinski definition) is 1. The summed E-state index contributed by atoms with van der Waals surface area (Å²) in [4.78, 5) is 28.1. The minimum absolute atomic E-state index is 0.0593. The molecule has 2 aromatic heterocycles. The van der Waals surface area contributed by atoms with E-state index in [1.165, 1.54) is 33.1 Å². The van der Waals surface area contributed by atoms with Crippen LogP contribution in [-0.2, 0) is 4.79 Å². The second kappa shape index (κ2) is 6.91. The third-order valence-electron chi connectivity index (χ3n) is 4.87. The maximum Gasteiger partial charge on any atom is 0.296 e. The Morgan fingerprint density at radius 3 is 2.62 bits per heavy atom. The molecule has 29 heavy (non-hydrogen) atoms. The molecule has 2 aromatic carbocycles. The average Bonchev–Trinajstić information content (AvgIpc) is 3.49. The minimum Gasteiger partial charge on any atom is -0.503 e. The third-order valence-corrected chi connectivity index (χ3v) is 6.43. The van der Waals surface area contributed by atoms with E-state index in [1.807, 2.05) is 42.5 Å². The highest BCUT2D eigenvalue weighted by Crippen LogP contribution is 2.44. The predicted octanol–water partition coefficient (Wildman–Crippen LogP) is 4.54. The van der Waals surface area contributed by atoms with Crippen LogP contribution in [0.1, 0.15) is 21.3 Å². The van der Waals surface area contributed by atoms with Crippen LogP contribution in [0.5, 0.6) is 0 Å². The van der Waals surface area contributed by atoms with E-state index in [2.05, 4.69) is 10.2 Å². The number of hydrogen-bond acceptors (Lipinski definition) is 7. The van der Waals surface area contributed by atoms with Crippen LogP contribution < -0.4 is 4.90 Å². The molecule has 5 rings (SSSR count). The summed E-state index contributed by atoms with van der Waals surface area (Å²) in [5.41, 5.74) is 2.32. The highest BCUT2D eigenvalue weighted by Gasteiger charge is 2.46. The molecule has 1 atom stereocenters. The Labute approximate surface area is 173 Å². The standard InChI is InChI=1S/C21H13N3O3S2/c25-18(15-9-4-10-28-15)16-17(14-8-3-6-12-5-1-2-7-13(12)14)24(20(27)19(16)26)21-23-22-11-29-21/h1-11,17,26H. The van der Waals surface area contributed by atoms with Gasteiger partial charge in [-0.15, -0.1) is 21.5 Å². The summed E-state index contributed by atoms with van der Waals surface area (Å²) in [7, 11) is 0. The lowest BCUT2D eigenvalue weighted by Crippen LogP contribution is -2.31. The number of thiophene rings is 1. The van der Waals surface area contributed by atoms with E-state index in [1.54, 1.807) is 17.5 Å². The van der Waals surface area contributed by atoms with Crippen molar-refractivity contribution in [2.24, 2.45) is 0 Å². The van der Waals surface area contributed by atoms with Gasteiger partial charge in [0.05, 0.1) is 16.5 Å². The van der Waals surface area contributed by atoms with Gasteiger partial charge in [0.2, 0.25) is 10.9 Å². The first-order valence-corrected chi connectivity index (χ1v) is 10.5. The summed E-state index contributed by atoms with van der Waals surface area (Å²) in [6, 6.07) is 16.1. The molecule has 0 radical (unpaired) electrons. The molecule has 1 N–H and O–H groups in total. The molecular weight excluding hydrogens is 406 g/mol. The van der Waals surface area contributed by atoms with E-state index >= 15 is 0 Å². The molecular formula is C21H13N3O3S2. The number of Topliss-reactive ketones (excluding diaryl/α,β-unsaturated/α-hetero) is 1. The quantitative estimate of drug-likeness (QED) is 0.491. The van der Waals surface area contributed by atoms with Crippen LogP contribution in [0, 0.1) is 0 Å². The maximum absolute atomic E-state index is 13.3. The molecule has 142 valence electrons. The fourth-order valence-corrected chi connectivity index (χ4v) is 4.89. The number of nitrogens with zero attached hydrogens (tertiary/aromatic N) is 3. The predicted molar refractivity (Wildman–Crippen MR) is 112 cm³/mol. The lowest BCUT2D eigenvalue weighted by molar-refractivity contribution is -0.117. The Kier molecular flexibility index (Phi) is 4.22. The number of benzene rings is 2. The van der Waals surface area contributed by atoms with E-state index in [0.29, 0.717) is 10.0 Å². The number of rotatable bonds is 4. The van der Waals surface area contributed by atoms with E-state index in [9.17, 15) is 14.7 Å². The van der Waals surface area contributed by atoms with Gasteiger partial charge < -0.3 is 5.11 Å². The van der Waals surface area contributed by atoms with Crippen LogP contribution in [0.3, 0.4) is 0 Å². The molecule has 1 aliphatic heterocycles. The number of carbonyl (C=O) groups is 2. The first kappa shape index (κ1) is 17.7. The Morgan fingerprint density at radius 2 is 1.86 bits per heavy atom.